The van der Waals surface area contributed by atoms with E-state index in [2.05, 4.69) is 193 Å². The fraction of sp³-hybridized carbons (Fsp3) is 0.0882. The maximum absolute atomic E-state index is 5.37. The first-order valence-electron chi connectivity index (χ1n) is 26.7. The molecule has 10 nitrogen and oxygen atoms in total. The number of rotatable bonds is 10. The molecular formula is C68H48N10. The predicted molar refractivity (Wildman–Crippen MR) is 309 cm³/mol. The van der Waals surface area contributed by atoms with E-state index in [1.807, 2.05) is 48.5 Å². The first kappa shape index (κ1) is 45.3. The summed E-state index contributed by atoms with van der Waals surface area (Å²) < 4.78 is 4.50. The molecule has 3 aliphatic carbocycles. The summed E-state index contributed by atoms with van der Waals surface area (Å²) in [6.07, 6.45) is 1.53. The second kappa shape index (κ2) is 18.4. The summed E-state index contributed by atoms with van der Waals surface area (Å²) in [5, 5.41) is 0. The van der Waals surface area contributed by atoms with E-state index in [4.69, 9.17) is 39.9 Å². The fourth-order valence-electron chi connectivity index (χ4n) is 12.1. The van der Waals surface area contributed by atoms with Crippen molar-refractivity contribution < 1.29 is 0 Å². The highest BCUT2D eigenvalue weighted by Gasteiger charge is 2.42. The Morgan fingerprint density at radius 2 is 0.641 bits per heavy atom. The number of hydrogen-bond acceptors (Lipinski definition) is 8. The molecule has 2 bridgehead atoms. The lowest BCUT2D eigenvalue weighted by atomic mass is 9.61. The molecule has 10 heteroatoms. The molecule has 0 saturated heterocycles. The van der Waals surface area contributed by atoms with E-state index in [9.17, 15) is 0 Å². The van der Waals surface area contributed by atoms with Crippen LogP contribution in [0.2, 0.25) is 0 Å². The first-order chi connectivity index (χ1) is 38.6. The molecule has 0 aliphatic heterocycles. The van der Waals surface area contributed by atoms with E-state index in [1.165, 1.54) is 33.4 Å². The van der Waals surface area contributed by atoms with Crippen LogP contribution in [0.3, 0.4) is 0 Å². The van der Waals surface area contributed by atoms with Gasteiger partial charge in [0.05, 0.1) is 33.4 Å². The van der Waals surface area contributed by atoms with E-state index in [0.717, 1.165) is 91.3 Å². The van der Waals surface area contributed by atoms with Gasteiger partial charge < -0.3 is 0 Å². The molecule has 16 rings (SSSR count). The molecule has 0 spiro atoms. The second-order valence-corrected chi connectivity index (χ2v) is 20.0. The van der Waals surface area contributed by atoms with E-state index in [1.54, 1.807) is 0 Å². The van der Waals surface area contributed by atoms with Crippen LogP contribution in [0.15, 0.2) is 218 Å². The topological polar surface area (TPSA) is 113 Å². The lowest BCUT2D eigenvalue weighted by Crippen LogP contribution is -2.27. The predicted octanol–water partition coefficient (Wildman–Crippen LogP) is 14.8. The van der Waals surface area contributed by atoms with Gasteiger partial charge in [-0.3, -0.25) is 9.13 Å². The van der Waals surface area contributed by atoms with Gasteiger partial charge in [-0.1, -0.05) is 172 Å². The molecule has 2 unspecified atom stereocenters. The summed E-state index contributed by atoms with van der Waals surface area (Å²) in [6.45, 7) is 4.29. The third kappa shape index (κ3) is 7.32. The van der Waals surface area contributed by atoms with Crippen LogP contribution in [0.5, 0.6) is 0 Å². The number of nitrogens with zero attached hydrogens (tertiary/aromatic N) is 10. The molecular weight excluding hydrogens is 957 g/mol. The SMILES string of the molecule is CCc1nc2ccccc2n1-c1ccccc1-c1nc(-c2ccccc2)nc(-c2ccc3c(c2)C2c4ccccc4C3c3cc(-c4nc(-c5ccccc5)nc(-c5ccccc5-n5c(CC)nc6ccccc65)n4)ccc32)n1. The van der Waals surface area contributed by atoms with Crippen molar-refractivity contribution in [1.82, 2.24) is 49.0 Å². The quantitative estimate of drug-likeness (QED) is 0.133. The Morgan fingerprint density at radius 3 is 1.08 bits per heavy atom. The molecule has 4 aromatic heterocycles. The zero-order chi connectivity index (χ0) is 51.8. The van der Waals surface area contributed by atoms with Gasteiger partial charge in [0.25, 0.3) is 0 Å². The molecule has 0 radical (unpaired) electrons. The van der Waals surface area contributed by atoms with Crippen LogP contribution in [0.4, 0.5) is 0 Å². The molecule has 0 amide bonds. The number of aromatic nitrogens is 10. The standard InChI is InChI=1S/C68H48N10/c1-3-59-69-53-29-15-19-33-57(53)77(59)55-31-17-13-27-49(55)67-73-63(41-21-7-5-8-22-41)71-65(75-67)43-35-37-47-51(39-43)61-45-25-11-12-26-46(45)62(47)52-40-44(36-38-48(52)61)66-72-64(42-23-9-6-10-24-42)74-68(76-66)50-28-14-18-32-56(50)78-58-34-20-16-30-54(58)70-60(78)4-2/h5-40,61-62H,3-4H2,1-2H3. The summed E-state index contributed by atoms with van der Waals surface area (Å²) >= 11 is 0. The minimum atomic E-state index is -0.0266. The zero-order valence-corrected chi connectivity index (χ0v) is 42.8. The third-order valence-electron chi connectivity index (χ3n) is 15.6. The van der Waals surface area contributed by atoms with Crippen LogP contribution in [0.25, 0.3) is 102 Å². The first-order valence-corrected chi connectivity index (χ1v) is 26.7. The summed E-state index contributed by atoms with van der Waals surface area (Å²) in [5.41, 5.74) is 19.1. The van der Waals surface area contributed by atoms with Crippen molar-refractivity contribution in [2.75, 3.05) is 0 Å². The number of fused-ring (bicyclic) bond motifs is 2. The van der Waals surface area contributed by atoms with Crippen molar-refractivity contribution in [3.8, 4) is 79.7 Å². The third-order valence-corrected chi connectivity index (χ3v) is 15.6. The van der Waals surface area contributed by atoms with Crippen LogP contribution in [-0.2, 0) is 12.8 Å². The molecule has 0 fully saturated rings. The average molecular weight is 1010 g/mol. The number of hydrogen-bond donors (Lipinski definition) is 0. The van der Waals surface area contributed by atoms with Gasteiger partial charge in [-0.15, -0.1) is 0 Å². The molecule has 370 valence electrons. The summed E-state index contributed by atoms with van der Waals surface area (Å²) in [6, 6.07) is 76.3. The Balaban J connectivity index is 0.864. The van der Waals surface area contributed by atoms with Crippen molar-refractivity contribution in [2.24, 2.45) is 0 Å². The van der Waals surface area contributed by atoms with Crippen LogP contribution in [0.1, 0.15) is 70.7 Å². The minimum absolute atomic E-state index is 0.0266. The monoisotopic (exact) mass is 1000 g/mol. The van der Waals surface area contributed by atoms with Gasteiger partial charge >= 0.3 is 0 Å². The van der Waals surface area contributed by atoms with Gasteiger partial charge in [-0.2, -0.15) is 0 Å². The Bertz CT molecular complexity index is 4220. The van der Waals surface area contributed by atoms with Crippen LogP contribution in [-0.4, -0.2) is 49.0 Å². The highest BCUT2D eigenvalue weighted by atomic mass is 15.1. The van der Waals surface area contributed by atoms with E-state index < -0.39 is 0 Å². The maximum atomic E-state index is 5.37. The second-order valence-electron chi connectivity index (χ2n) is 20.0. The van der Waals surface area contributed by atoms with Gasteiger partial charge in [0.1, 0.15) is 11.6 Å². The number of benzene rings is 9. The lowest BCUT2D eigenvalue weighted by Gasteiger charge is -2.42. The molecule has 78 heavy (non-hydrogen) atoms. The van der Waals surface area contributed by atoms with Gasteiger partial charge in [-0.25, -0.2) is 39.9 Å². The van der Waals surface area contributed by atoms with Crippen molar-refractivity contribution in [3.63, 3.8) is 0 Å². The molecule has 2 atom stereocenters. The van der Waals surface area contributed by atoms with Gasteiger partial charge in [-0.05, 0) is 94.0 Å². The lowest BCUT2D eigenvalue weighted by molar-refractivity contribution is 0.754. The molecule has 4 heterocycles. The highest BCUT2D eigenvalue weighted by Crippen LogP contribution is 2.56. The normalized spacial score (nSPS) is 14.1. The molecule has 0 saturated carbocycles. The van der Waals surface area contributed by atoms with E-state index in [-0.39, 0.29) is 11.8 Å². The molecule has 9 aromatic carbocycles. The average Bonchev–Trinajstić information content (AvgIpc) is 4.23. The van der Waals surface area contributed by atoms with Crippen molar-refractivity contribution in [3.05, 3.63) is 263 Å². The highest BCUT2D eigenvalue weighted by molar-refractivity contribution is 5.84. The molecule has 3 aliphatic rings. The van der Waals surface area contributed by atoms with Crippen molar-refractivity contribution in [1.29, 1.82) is 0 Å². The summed E-state index contributed by atoms with van der Waals surface area (Å²) in [4.78, 5) is 41.8. The number of para-hydroxylation sites is 6. The Morgan fingerprint density at radius 1 is 0.295 bits per heavy atom. The maximum Gasteiger partial charge on any atom is 0.166 e. The largest absolute Gasteiger partial charge is 0.296 e. The minimum Gasteiger partial charge on any atom is -0.296 e. The zero-order valence-electron chi connectivity index (χ0n) is 42.8. The summed E-state index contributed by atoms with van der Waals surface area (Å²) in [5.74, 6) is 5.53. The van der Waals surface area contributed by atoms with Gasteiger partial charge in [0.15, 0.2) is 34.9 Å². The van der Waals surface area contributed by atoms with Gasteiger partial charge in [0.2, 0.25) is 0 Å². The number of imidazole rings is 2. The summed E-state index contributed by atoms with van der Waals surface area (Å²) in [7, 11) is 0. The Labute approximate surface area is 450 Å². The van der Waals surface area contributed by atoms with Crippen LogP contribution >= 0.6 is 0 Å². The van der Waals surface area contributed by atoms with Crippen LogP contribution < -0.4 is 0 Å². The van der Waals surface area contributed by atoms with Crippen molar-refractivity contribution in [2.45, 2.75) is 38.5 Å². The fourth-order valence-corrected chi connectivity index (χ4v) is 12.1. The smallest absolute Gasteiger partial charge is 0.166 e. The molecule has 0 N–H and O–H groups in total. The van der Waals surface area contributed by atoms with E-state index in [0.29, 0.717) is 34.9 Å². The number of aryl methyl sites for hydroxylation is 2. The molecule has 13 aromatic rings. The Hall–Kier alpha value is -10.1. The van der Waals surface area contributed by atoms with Crippen molar-refractivity contribution >= 4 is 22.1 Å². The Kier molecular flexibility index (Phi) is 10.7. The van der Waals surface area contributed by atoms with E-state index >= 15 is 0 Å². The van der Waals surface area contributed by atoms with Gasteiger partial charge in [0, 0.05) is 58.1 Å². The van der Waals surface area contributed by atoms with Crippen LogP contribution in [0, 0.1) is 0 Å².